The smallest absolute Gasteiger partial charge is 0.490 e. The van der Waals surface area contributed by atoms with Gasteiger partial charge in [-0.2, -0.15) is 13.2 Å². The predicted molar refractivity (Wildman–Crippen MR) is 268 cm³/mol. The molecule has 1 aliphatic rings. The van der Waals surface area contributed by atoms with Crippen LogP contribution in [0.1, 0.15) is 84.6 Å². The number of carbonyl (C=O) groups excluding carboxylic acids is 10. The largest absolute Gasteiger partial charge is 0.494 e. The third-order valence-corrected chi connectivity index (χ3v) is 13.2. The van der Waals surface area contributed by atoms with Gasteiger partial charge in [0, 0.05) is 37.3 Å². The lowest BCUT2D eigenvalue weighted by Gasteiger charge is -2.30. The van der Waals surface area contributed by atoms with Crippen molar-refractivity contribution in [3.8, 4) is 5.75 Å². The Morgan fingerprint density at radius 3 is 1.99 bits per heavy atom. The lowest BCUT2D eigenvalue weighted by molar-refractivity contribution is -0.192. The van der Waals surface area contributed by atoms with Crippen molar-refractivity contribution in [1.29, 1.82) is 0 Å². The van der Waals surface area contributed by atoms with Crippen LogP contribution in [0.5, 0.6) is 5.75 Å². The summed E-state index contributed by atoms with van der Waals surface area (Å²) in [6, 6.07) is -1.05. The van der Waals surface area contributed by atoms with E-state index in [-0.39, 0.29) is 56.7 Å². The summed E-state index contributed by atoms with van der Waals surface area (Å²) in [5, 5.41) is 38.3. The summed E-state index contributed by atoms with van der Waals surface area (Å²) in [6.45, 7) is 6.87. The van der Waals surface area contributed by atoms with Crippen LogP contribution in [-0.2, 0) is 59.2 Å². The highest BCUT2D eigenvalue weighted by atomic mass is 33.1. The molecule has 422 valence electrons. The van der Waals surface area contributed by atoms with Gasteiger partial charge in [-0.3, -0.25) is 47.9 Å². The van der Waals surface area contributed by atoms with Crippen molar-refractivity contribution in [2.24, 2.45) is 23.1 Å². The molecule has 1 aromatic carbocycles. The number of benzene rings is 1. The van der Waals surface area contributed by atoms with E-state index in [1.165, 1.54) is 17.7 Å². The van der Waals surface area contributed by atoms with Crippen molar-refractivity contribution in [3.63, 3.8) is 0 Å². The zero-order valence-corrected chi connectivity index (χ0v) is 43.6. The highest BCUT2D eigenvalue weighted by Gasteiger charge is 2.39. The van der Waals surface area contributed by atoms with Crippen LogP contribution >= 0.6 is 21.6 Å². The molecule has 0 saturated carbocycles. The summed E-state index contributed by atoms with van der Waals surface area (Å²) in [6.07, 6.45) is -5.81. The summed E-state index contributed by atoms with van der Waals surface area (Å²) in [5.74, 6) is -10.1. The normalized spacial score (nSPS) is 20.5. The molecule has 16 N–H and O–H groups in total. The van der Waals surface area contributed by atoms with Crippen LogP contribution < -0.4 is 64.5 Å². The molecular formula is C45H70F3N11O14S2. The summed E-state index contributed by atoms with van der Waals surface area (Å²) >= 11 is 0. The Hall–Kier alpha value is -6.40. The van der Waals surface area contributed by atoms with E-state index in [0.29, 0.717) is 37.2 Å². The molecule has 75 heavy (non-hydrogen) atoms. The molecule has 25 nitrogen and oxygen atoms in total. The average Bonchev–Trinajstić information content (AvgIpc) is 3.33. The number of carboxylic acids is 1. The van der Waals surface area contributed by atoms with Gasteiger partial charge in [0.05, 0.1) is 25.7 Å². The maximum absolute atomic E-state index is 14.0. The number of ether oxygens (including phenoxy) is 1. The number of nitrogens with one attached hydrogen (secondary N) is 8. The molecular weight excluding hydrogens is 1040 g/mol. The third-order valence-electron chi connectivity index (χ3n) is 10.7. The van der Waals surface area contributed by atoms with Gasteiger partial charge in [-0.15, -0.1) is 0 Å². The maximum Gasteiger partial charge on any atom is 0.490 e. The van der Waals surface area contributed by atoms with Crippen LogP contribution in [0, 0.1) is 5.92 Å². The number of rotatable bonds is 22. The number of primary amides is 2. The minimum Gasteiger partial charge on any atom is -0.494 e. The number of carboxylic acid groups (broad SMARTS) is 1. The highest BCUT2D eigenvalue weighted by molar-refractivity contribution is 8.76. The Bertz CT molecular complexity index is 2090. The van der Waals surface area contributed by atoms with Gasteiger partial charge in [0.2, 0.25) is 59.1 Å². The van der Waals surface area contributed by atoms with Crippen molar-refractivity contribution < 1.29 is 80.9 Å². The first-order valence-corrected chi connectivity index (χ1v) is 26.3. The number of nitrogens with two attached hydrogens (primary N) is 3. The minimum absolute atomic E-state index is 0.0218. The zero-order chi connectivity index (χ0) is 56.8. The van der Waals surface area contributed by atoms with E-state index >= 15 is 0 Å². The molecule has 8 atom stereocenters. The quantitative estimate of drug-likeness (QED) is 0.0436. The van der Waals surface area contributed by atoms with Crippen LogP contribution in [0.3, 0.4) is 0 Å². The topological polar surface area (TPSA) is 412 Å². The molecule has 1 saturated heterocycles. The number of amides is 10. The predicted octanol–water partition coefficient (Wildman–Crippen LogP) is -2.12. The van der Waals surface area contributed by atoms with Crippen molar-refractivity contribution in [2.45, 2.75) is 134 Å². The molecule has 0 aliphatic carbocycles. The van der Waals surface area contributed by atoms with Crippen LogP contribution in [0.25, 0.3) is 0 Å². The zero-order valence-electron chi connectivity index (χ0n) is 42.0. The SMILES string of the molecule is CCOc1ccc(C[C@H]2NC(=O)CCSSC[C@@H](C(=O)NCCCCC(=O)N[C@@H](CCCN)C(=O)NCC(N)=O)NC(=O)[C@H](CC(N)=O)NC(=O)[C@H]([C@@H](C)O)NC(=O)[C@H]([C@@H](C)CC)NC2=O)cc1.O=C(O)C(F)(F)F. The van der Waals surface area contributed by atoms with Crippen molar-refractivity contribution >= 4 is 86.6 Å². The summed E-state index contributed by atoms with van der Waals surface area (Å²) in [5.41, 5.74) is 16.8. The molecule has 30 heteroatoms. The number of hydrogen-bond acceptors (Lipinski definition) is 16. The fourth-order valence-corrected chi connectivity index (χ4v) is 8.69. The number of hydrogen-bond donors (Lipinski definition) is 13. The Balaban J connectivity index is 0.00000373. The standard InChI is InChI=1S/C43H69N11O12S2.C2HF3O2/c1-5-24(3)36-42(64)54-37(25(4)55)43(65)51-30(21-32(45)56)40(62)52-31(39(61)47-18-8-7-11-34(58)49-28(10-9-17-44)38(60)48-22-33(46)57)23-68-67-19-16-35(59)50-29(41(63)53-36)20-26-12-14-27(15-13-26)66-6-2;3-2(4,5)1(6)7/h12-15,24-25,28-31,36-37,55H,5-11,16-23,44H2,1-4H3,(H2,45,56)(H2,46,57)(H,47,61)(H,48,60)(H,49,58)(H,50,59)(H,51,65)(H,52,62)(H,53,63)(H,54,64);(H,6,7)/t24-,25+,28-,29+,30-,31-,36-,37-;/m0./s1. The Morgan fingerprint density at radius 1 is 0.813 bits per heavy atom. The van der Waals surface area contributed by atoms with E-state index < -0.39 is 132 Å². The molecule has 0 unspecified atom stereocenters. The van der Waals surface area contributed by atoms with Gasteiger partial charge >= 0.3 is 12.1 Å². The molecule has 1 fully saturated rings. The third kappa shape index (κ3) is 27.1. The maximum atomic E-state index is 14.0. The van der Waals surface area contributed by atoms with Gasteiger partial charge in [0.25, 0.3) is 0 Å². The summed E-state index contributed by atoms with van der Waals surface area (Å²) in [4.78, 5) is 140. The highest BCUT2D eigenvalue weighted by Crippen LogP contribution is 2.23. The second kappa shape index (κ2) is 35.0. The number of alkyl halides is 3. The van der Waals surface area contributed by atoms with Gasteiger partial charge in [-0.25, -0.2) is 4.79 Å². The number of aliphatic hydroxyl groups is 1. The fourth-order valence-electron chi connectivity index (χ4n) is 6.54. The number of aliphatic carboxylic acids is 1. The van der Waals surface area contributed by atoms with Crippen molar-refractivity contribution in [1.82, 2.24) is 42.5 Å². The monoisotopic (exact) mass is 1110 g/mol. The number of halogens is 3. The Kier molecular flexibility index (Phi) is 31.1. The lowest BCUT2D eigenvalue weighted by atomic mass is 9.96. The van der Waals surface area contributed by atoms with Gasteiger partial charge in [-0.05, 0) is 69.7 Å². The average molecular weight is 1110 g/mol. The van der Waals surface area contributed by atoms with E-state index in [0.717, 1.165) is 10.8 Å². The van der Waals surface area contributed by atoms with E-state index in [1.54, 1.807) is 38.1 Å². The van der Waals surface area contributed by atoms with Gasteiger partial charge in [0.1, 0.15) is 42.0 Å². The first-order chi connectivity index (χ1) is 35.2. The van der Waals surface area contributed by atoms with Gasteiger partial charge in [0.15, 0.2) is 0 Å². The fraction of sp³-hybridized carbons (Fsp3) is 0.622. The van der Waals surface area contributed by atoms with E-state index in [1.807, 2.05) is 6.92 Å². The molecule has 2 rings (SSSR count). The van der Waals surface area contributed by atoms with Gasteiger partial charge < -0.3 is 74.7 Å². The second-order valence-corrected chi connectivity index (χ2v) is 19.6. The van der Waals surface area contributed by atoms with Crippen LogP contribution in [-0.4, -0.2) is 162 Å². The Morgan fingerprint density at radius 2 is 1.43 bits per heavy atom. The van der Waals surface area contributed by atoms with E-state index in [4.69, 9.17) is 31.8 Å². The lowest BCUT2D eigenvalue weighted by Crippen LogP contribution is -2.62. The van der Waals surface area contributed by atoms with Crippen LogP contribution in [0.15, 0.2) is 24.3 Å². The van der Waals surface area contributed by atoms with Crippen molar-refractivity contribution in [2.75, 3.05) is 37.7 Å². The van der Waals surface area contributed by atoms with Gasteiger partial charge in [-0.1, -0.05) is 54.0 Å². The van der Waals surface area contributed by atoms with Crippen LogP contribution in [0.2, 0.25) is 0 Å². The number of unbranched alkanes of at least 4 members (excludes halogenated alkanes) is 1. The minimum atomic E-state index is -5.08. The molecule has 0 bridgehead atoms. The second-order valence-electron chi connectivity index (χ2n) is 16.9. The Labute approximate surface area is 439 Å². The van der Waals surface area contributed by atoms with E-state index in [2.05, 4.69) is 42.5 Å². The molecule has 1 aromatic rings. The number of aliphatic hydroxyl groups excluding tert-OH is 1. The first-order valence-electron chi connectivity index (χ1n) is 23.8. The van der Waals surface area contributed by atoms with Crippen molar-refractivity contribution in [3.05, 3.63) is 29.8 Å². The van der Waals surface area contributed by atoms with E-state index in [9.17, 15) is 66.2 Å². The molecule has 0 spiro atoms. The molecule has 0 radical (unpaired) electrons. The number of carbonyl (C=O) groups is 11. The molecule has 10 amide bonds. The molecule has 0 aromatic heterocycles. The summed E-state index contributed by atoms with van der Waals surface area (Å²) in [7, 11) is 2.33. The molecule has 1 heterocycles. The summed E-state index contributed by atoms with van der Waals surface area (Å²) < 4.78 is 37.3. The molecule has 1 aliphatic heterocycles. The van der Waals surface area contributed by atoms with Crippen LogP contribution in [0.4, 0.5) is 13.2 Å². The first kappa shape index (κ1) is 66.6.